The minimum absolute atomic E-state index is 0.0314. The predicted octanol–water partition coefficient (Wildman–Crippen LogP) is -3.62. The molecular formula is C16H29N5O8S. The van der Waals surface area contributed by atoms with Gasteiger partial charge in [-0.2, -0.15) is 12.6 Å². The Labute approximate surface area is 178 Å². The van der Waals surface area contributed by atoms with Crippen molar-refractivity contribution in [2.45, 2.75) is 49.9 Å². The number of carboxylic acids is 2. The number of aliphatic hydroxyl groups is 1. The van der Waals surface area contributed by atoms with Crippen molar-refractivity contribution < 1.29 is 39.3 Å². The van der Waals surface area contributed by atoms with Gasteiger partial charge in [0.25, 0.3) is 0 Å². The number of nitrogens with one attached hydrogen (secondary N) is 3. The molecule has 0 rings (SSSR count). The molecular weight excluding hydrogens is 422 g/mol. The van der Waals surface area contributed by atoms with Crippen LogP contribution >= 0.6 is 12.6 Å². The van der Waals surface area contributed by atoms with Crippen molar-refractivity contribution in [1.82, 2.24) is 16.0 Å². The fourth-order valence-corrected chi connectivity index (χ4v) is 2.40. The molecule has 4 unspecified atom stereocenters. The number of hydrogen-bond acceptors (Lipinski definition) is 9. The highest BCUT2D eigenvalue weighted by molar-refractivity contribution is 7.80. The molecule has 0 aromatic heterocycles. The minimum atomic E-state index is -1.64. The molecule has 0 radical (unpaired) electrons. The first-order valence-electron chi connectivity index (χ1n) is 9.10. The summed E-state index contributed by atoms with van der Waals surface area (Å²) in [7, 11) is 0. The molecule has 0 spiro atoms. The predicted molar refractivity (Wildman–Crippen MR) is 108 cm³/mol. The molecule has 0 aliphatic heterocycles. The SMILES string of the molecule is NCCCCC(NC(=O)C(CC(=O)O)NC(=O)C(CO)NC(=O)C(N)CS)C(=O)O. The van der Waals surface area contributed by atoms with Crippen molar-refractivity contribution >= 4 is 42.3 Å². The third-order valence-corrected chi connectivity index (χ3v) is 4.32. The number of aliphatic hydroxyl groups excluding tert-OH is 1. The van der Waals surface area contributed by atoms with E-state index in [1.54, 1.807) is 0 Å². The summed E-state index contributed by atoms with van der Waals surface area (Å²) in [5, 5.41) is 34.0. The first-order chi connectivity index (χ1) is 14.1. The lowest BCUT2D eigenvalue weighted by molar-refractivity contribution is -0.143. The molecule has 0 heterocycles. The number of carbonyl (C=O) groups is 5. The number of carboxylic acid groups (broad SMARTS) is 2. The van der Waals surface area contributed by atoms with Gasteiger partial charge in [0.15, 0.2) is 0 Å². The van der Waals surface area contributed by atoms with Crippen LogP contribution < -0.4 is 27.4 Å². The summed E-state index contributed by atoms with van der Waals surface area (Å²) in [5.74, 6) is -5.68. The lowest BCUT2D eigenvalue weighted by Gasteiger charge is -2.23. The van der Waals surface area contributed by atoms with Gasteiger partial charge in [0, 0.05) is 5.75 Å². The molecule has 10 N–H and O–H groups in total. The molecule has 0 saturated carbocycles. The molecule has 3 amide bonds. The second kappa shape index (κ2) is 14.5. The average molecular weight is 452 g/mol. The monoisotopic (exact) mass is 451 g/mol. The van der Waals surface area contributed by atoms with Crippen LogP contribution in [0.25, 0.3) is 0 Å². The topological polar surface area (TPSA) is 234 Å². The largest absolute Gasteiger partial charge is 0.481 e. The van der Waals surface area contributed by atoms with E-state index in [1.165, 1.54) is 0 Å². The van der Waals surface area contributed by atoms with Gasteiger partial charge in [-0.15, -0.1) is 0 Å². The van der Waals surface area contributed by atoms with Crippen molar-refractivity contribution in [2.24, 2.45) is 11.5 Å². The molecule has 13 nitrogen and oxygen atoms in total. The fraction of sp³-hybridized carbons (Fsp3) is 0.688. The van der Waals surface area contributed by atoms with Crippen LogP contribution in [0.3, 0.4) is 0 Å². The zero-order valence-corrected chi connectivity index (χ0v) is 17.1. The molecule has 0 bridgehead atoms. The molecule has 0 aliphatic carbocycles. The summed E-state index contributed by atoms with van der Waals surface area (Å²) in [5.41, 5.74) is 10.8. The van der Waals surface area contributed by atoms with Crippen molar-refractivity contribution in [2.75, 3.05) is 18.9 Å². The van der Waals surface area contributed by atoms with Crippen LogP contribution in [0.4, 0.5) is 0 Å². The Kier molecular flexibility index (Phi) is 13.4. The van der Waals surface area contributed by atoms with Crippen LogP contribution in [-0.2, 0) is 24.0 Å². The summed E-state index contributed by atoms with van der Waals surface area (Å²) in [4.78, 5) is 58.8. The van der Waals surface area contributed by atoms with Gasteiger partial charge >= 0.3 is 11.9 Å². The lowest BCUT2D eigenvalue weighted by atomic mass is 10.1. The molecule has 0 fully saturated rings. The van der Waals surface area contributed by atoms with E-state index in [9.17, 15) is 34.2 Å². The normalized spacial score (nSPS) is 14.7. The van der Waals surface area contributed by atoms with Crippen LogP contribution in [-0.4, -0.2) is 88.1 Å². The third-order valence-electron chi connectivity index (χ3n) is 3.92. The lowest BCUT2D eigenvalue weighted by Crippen LogP contribution is -2.58. The van der Waals surface area contributed by atoms with Crippen molar-refractivity contribution in [3.8, 4) is 0 Å². The van der Waals surface area contributed by atoms with Gasteiger partial charge in [0.05, 0.1) is 19.1 Å². The minimum Gasteiger partial charge on any atom is -0.481 e. The van der Waals surface area contributed by atoms with E-state index in [0.717, 1.165) is 0 Å². The molecule has 172 valence electrons. The summed E-state index contributed by atoms with van der Waals surface area (Å²) in [6.07, 6.45) is 0.146. The molecule has 0 saturated heterocycles. The number of unbranched alkanes of at least 4 members (excludes halogenated alkanes) is 1. The Morgan fingerprint density at radius 2 is 1.40 bits per heavy atom. The van der Waals surface area contributed by atoms with E-state index < -0.39 is 66.9 Å². The van der Waals surface area contributed by atoms with Crippen LogP contribution in [0, 0.1) is 0 Å². The molecule has 0 aliphatic rings. The first-order valence-corrected chi connectivity index (χ1v) is 9.73. The first kappa shape index (κ1) is 27.6. The maximum atomic E-state index is 12.4. The molecule has 0 aromatic carbocycles. The molecule has 14 heteroatoms. The summed E-state index contributed by atoms with van der Waals surface area (Å²) >= 11 is 3.83. The number of nitrogens with two attached hydrogens (primary N) is 2. The highest BCUT2D eigenvalue weighted by atomic mass is 32.1. The molecule has 0 aromatic rings. The van der Waals surface area contributed by atoms with Crippen LogP contribution in [0.5, 0.6) is 0 Å². The Morgan fingerprint density at radius 3 is 1.87 bits per heavy atom. The van der Waals surface area contributed by atoms with E-state index in [0.29, 0.717) is 19.4 Å². The molecule has 4 atom stereocenters. The maximum absolute atomic E-state index is 12.4. The Morgan fingerprint density at radius 1 is 0.867 bits per heavy atom. The van der Waals surface area contributed by atoms with Gasteiger partial charge in [-0.05, 0) is 25.8 Å². The summed E-state index contributed by atoms with van der Waals surface area (Å²) in [6.45, 7) is -0.516. The van der Waals surface area contributed by atoms with Gasteiger partial charge in [0.2, 0.25) is 17.7 Å². The van der Waals surface area contributed by atoms with Gasteiger partial charge in [-0.3, -0.25) is 19.2 Å². The number of amides is 3. The molecule has 30 heavy (non-hydrogen) atoms. The zero-order chi connectivity index (χ0) is 23.3. The van der Waals surface area contributed by atoms with Gasteiger partial charge < -0.3 is 42.7 Å². The number of aliphatic carboxylic acids is 2. The summed E-state index contributed by atoms with van der Waals surface area (Å²) < 4.78 is 0. The second-order valence-electron chi connectivity index (χ2n) is 6.38. The average Bonchev–Trinajstić information content (AvgIpc) is 2.69. The van der Waals surface area contributed by atoms with Crippen molar-refractivity contribution in [3.05, 3.63) is 0 Å². The Bertz CT molecular complexity index is 620. The highest BCUT2D eigenvalue weighted by Gasteiger charge is 2.31. The maximum Gasteiger partial charge on any atom is 0.326 e. The highest BCUT2D eigenvalue weighted by Crippen LogP contribution is 2.03. The Hall–Kier alpha value is -2.42. The van der Waals surface area contributed by atoms with E-state index in [-0.39, 0.29) is 12.2 Å². The van der Waals surface area contributed by atoms with E-state index in [2.05, 4.69) is 28.6 Å². The second-order valence-corrected chi connectivity index (χ2v) is 6.74. The van der Waals surface area contributed by atoms with Gasteiger partial charge in [-0.25, -0.2) is 4.79 Å². The quantitative estimate of drug-likeness (QED) is 0.0875. The van der Waals surface area contributed by atoms with Crippen LogP contribution in [0.2, 0.25) is 0 Å². The van der Waals surface area contributed by atoms with Gasteiger partial charge in [0.1, 0.15) is 18.1 Å². The fourth-order valence-electron chi connectivity index (χ4n) is 2.23. The summed E-state index contributed by atoms with van der Waals surface area (Å²) in [6, 6.07) is -5.51. The number of thiol groups is 1. The smallest absolute Gasteiger partial charge is 0.326 e. The van der Waals surface area contributed by atoms with E-state index in [4.69, 9.17) is 16.6 Å². The van der Waals surface area contributed by atoms with Crippen molar-refractivity contribution in [3.63, 3.8) is 0 Å². The van der Waals surface area contributed by atoms with E-state index in [1.807, 2.05) is 0 Å². The van der Waals surface area contributed by atoms with Crippen LogP contribution in [0.1, 0.15) is 25.7 Å². The standard InChI is InChI=1S/C16H29N5O8S/c17-4-2-1-3-9(16(28)29)19-14(26)10(5-12(23)24)20-15(27)11(6-22)21-13(25)8(18)7-30/h8-11,22,30H,1-7,17-18H2,(H,19,26)(H,20,27)(H,21,25)(H,23,24)(H,28,29). The van der Waals surface area contributed by atoms with Gasteiger partial charge in [-0.1, -0.05) is 0 Å². The number of carbonyl (C=O) groups excluding carboxylic acids is 3. The van der Waals surface area contributed by atoms with Crippen molar-refractivity contribution in [1.29, 1.82) is 0 Å². The zero-order valence-electron chi connectivity index (χ0n) is 16.2. The third kappa shape index (κ3) is 10.4. The van der Waals surface area contributed by atoms with E-state index >= 15 is 0 Å². The Balaban J connectivity index is 5.20. The number of rotatable bonds is 15. The van der Waals surface area contributed by atoms with Crippen LogP contribution in [0.15, 0.2) is 0 Å². The number of hydrogen-bond donors (Lipinski definition) is 9.